The van der Waals surface area contributed by atoms with Crippen LogP contribution in [0, 0.1) is 0 Å². The second-order valence-corrected chi connectivity index (χ2v) is 4.95. The largest absolute Gasteiger partial charge is 0.459 e. The van der Waals surface area contributed by atoms with Gasteiger partial charge in [-0.25, -0.2) is 9.78 Å². The van der Waals surface area contributed by atoms with Gasteiger partial charge in [-0.1, -0.05) is 23.2 Å². The van der Waals surface area contributed by atoms with Gasteiger partial charge < -0.3 is 4.74 Å². The summed E-state index contributed by atoms with van der Waals surface area (Å²) in [6.07, 6.45) is 0. The molecule has 18 heavy (non-hydrogen) atoms. The maximum absolute atomic E-state index is 11.5. The molecule has 0 radical (unpaired) electrons. The number of benzene rings is 1. The summed E-state index contributed by atoms with van der Waals surface area (Å²) >= 11 is 12.9. The molecule has 0 atom stereocenters. The quantitative estimate of drug-likeness (QED) is 0.819. The van der Waals surface area contributed by atoms with Gasteiger partial charge in [0.2, 0.25) is 0 Å². The van der Waals surface area contributed by atoms with E-state index in [9.17, 15) is 4.79 Å². The summed E-state index contributed by atoms with van der Waals surface area (Å²) in [5.41, 5.74) is 0.688. The molecule has 2 rings (SSSR count). The molecule has 7 heteroatoms. The van der Waals surface area contributed by atoms with Crippen molar-refractivity contribution in [1.82, 2.24) is 4.37 Å². The lowest BCUT2D eigenvalue weighted by molar-refractivity contribution is -0.365. The van der Waals surface area contributed by atoms with Crippen LogP contribution in [0.3, 0.4) is 0 Å². The molecule has 4 nitrogen and oxygen atoms in total. The molecule has 0 saturated heterocycles. The van der Waals surface area contributed by atoms with Crippen LogP contribution in [0.1, 0.15) is 16.7 Å². The summed E-state index contributed by atoms with van der Waals surface area (Å²) < 4.78 is 9.01. The van der Waals surface area contributed by atoms with E-state index in [4.69, 9.17) is 27.9 Å². The summed E-state index contributed by atoms with van der Waals surface area (Å²) in [6.45, 7) is 2.07. The Morgan fingerprint density at radius 3 is 2.94 bits per heavy atom. The van der Waals surface area contributed by atoms with Gasteiger partial charge in [-0.2, -0.15) is 0 Å². The molecule has 1 aromatic carbocycles. The highest BCUT2D eigenvalue weighted by molar-refractivity contribution is 7.07. The van der Waals surface area contributed by atoms with E-state index in [0.29, 0.717) is 33.0 Å². The number of esters is 1. The summed E-state index contributed by atoms with van der Waals surface area (Å²) in [5, 5.41) is 1.35. The summed E-state index contributed by atoms with van der Waals surface area (Å²) in [5.74, 6) is 0.0936. The van der Waals surface area contributed by atoms with Gasteiger partial charge in [0, 0.05) is 9.40 Å². The van der Waals surface area contributed by atoms with Crippen molar-refractivity contribution in [2.45, 2.75) is 6.92 Å². The minimum Gasteiger partial charge on any atom is -0.459 e. The lowest BCUT2D eigenvalue weighted by Gasteiger charge is -1.96. The number of carbonyl (C=O) groups is 1. The molecular formula is C11H9Cl2N2O2S+. The van der Waals surface area contributed by atoms with Crippen molar-refractivity contribution in [1.29, 1.82) is 0 Å². The van der Waals surface area contributed by atoms with E-state index < -0.39 is 5.97 Å². The number of carbonyl (C=O) groups excluding carboxylic acids is 1. The SMILES string of the molecule is CCOC(=O)c1[nH+]c(-c2ccc(Cl)cc2Cl)ns1. The van der Waals surface area contributed by atoms with Crippen LogP contribution >= 0.6 is 34.7 Å². The van der Waals surface area contributed by atoms with Gasteiger partial charge in [0.1, 0.15) is 11.5 Å². The maximum atomic E-state index is 11.5. The van der Waals surface area contributed by atoms with Gasteiger partial charge >= 0.3 is 16.8 Å². The zero-order valence-corrected chi connectivity index (χ0v) is 11.7. The fraction of sp³-hybridized carbons (Fsp3) is 0.182. The monoisotopic (exact) mass is 303 g/mol. The van der Waals surface area contributed by atoms with E-state index in [2.05, 4.69) is 9.36 Å². The summed E-state index contributed by atoms with van der Waals surface area (Å²) in [4.78, 5) is 14.4. The molecule has 0 saturated carbocycles. The van der Waals surface area contributed by atoms with Crippen LogP contribution in [0.5, 0.6) is 0 Å². The van der Waals surface area contributed by atoms with Crippen molar-refractivity contribution in [3.63, 3.8) is 0 Å². The number of rotatable bonds is 3. The standard InChI is InChI=1S/C11H8Cl2N2O2S/c1-2-17-11(16)10-14-9(15-18-10)7-4-3-6(12)5-8(7)13/h3-5H,2H2,1H3/p+1. The molecule has 0 unspecified atom stereocenters. The van der Waals surface area contributed by atoms with Gasteiger partial charge in [0.05, 0.1) is 17.2 Å². The molecule has 0 bridgehead atoms. The molecule has 2 aromatic rings. The molecular weight excluding hydrogens is 295 g/mol. The van der Waals surface area contributed by atoms with E-state index in [-0.39, 0.29) is 0 Å². The fourth-order valence-electron chi connectivity index (χ4n) is 1.33. The Kier molecular flexibility index (Phi) is 4.16. The first-order valence-corrected chi connectivity index (χ1v) is 6.66. The Morgan fingerprint density at radius 2 is 2.28 bits per heavy atom. The zero-order chi connectivity index (χ0) is 13.1. The third-order valence-corrected chi connectivity index (χ3v) is 3.38. The number of nitrogens with one attached hydrogen (secondary N) is 1. The third kappa shape index (κ3) is 2.80. The zero-order valence-electron chi connectivity index (χ0n) is 9.37. The van der Waals surface area contributed by atoms with E-state index in [1.54, 1.807) is 25.1 Å². The molecule has 0 aliphatic rings. The van der Waals surface area contributed by atoms with Crippen molar-refractivity contribution < 1.29 is 14.5 Å². The smallest absolute Gasteiger partial charge is 0.393 e. The molecule has 0 amide bonds. The average molecular weight is 304 g/mol. The second-order valence-electron chi connectivity index (χ2n) is 3.33. The predicted octanol–water partition coefficient (Wildman–Crippen LogP) is 3.11. The molecule has 0 spiro atoms. The van der Waals surface area contributed by atoms with Gasteiger partial charge in [0.25, 0.3) is 0 Å². The topological polar surface area (TPSA) is 53.3 Å². The van der Waals surface area contributed by atoms with Gasteiger partial charge in [0.15, 0.2) is 0 Å². The number of hydrogen-bond acceptors (Lipinski definition) is 4. The predicted molar refractivity (Wildman–Crippen MR) is 70.1 cm³/mol. The number of aromatic nitrogens is 2. The number of hydrogen-bond donors (Lipinski definition) is 0. The Labute approximate surface area is 118 Å². The van der Waals surface area contributed by atoms with Crippen molar-refractivity contribution in [2.24, 2.45) is 0 Å². The van der Waals surface area contributed by atoms with Crippen LogP contribution < -0.4 is 4.98 Å². The van der Waals surface area contributed by atoms with E-state index in [1.807, 2.05) is 0 Å². The maximum Gasteiger partial charge on any atom is 0.393 e. The molecule has 0 fully saturated rings. The first-order valence-electron chi connectivity index (χ1n) is 5.13. The molecule has 1 N–H and O–H groups in total. The highest BCUT2D eigenvalue weighted by Crippen LogP contribution is 2.27. The Bertz CT molecular complexity index is 586. The highest BCUT2D eigenvalue weighted by atomic mass is 35.5. The molecule has 1 aromatic heterocycles. The molecule has 0 aliphatic carbocycles. The second kappa shape index (κ2) is 5.65. The average Bonchev–Trinajstić information content (AvgIpc) is 2.78. The van der Waals surface area contributed by atoms with Gasteiger partial charge in [-0.05, 0) is 25.1 Å². The Balaban J connectivity index is 2.32. The van der Waals surface area contributed by atoms with Crippen LogP contribution in [0.15, 0.2) is 18.2 Å². The summed E-state index contributed by atoms with van der Waals surface area (Å²) in [6, 6.07) is 5.07. The number of nitrogens with zero attached hydrogens (tertiary/aromatic N) is 1. The van der Waals surface area contributed by atoms with Gasteiger partial charge in [-0.3, -0.25) is 0 Å². The minimum atomic E-state index is -0.425. The minimum absolute atomic E-state index is 0.321. The van der Waals surface area contributed by atoms with Crippen molar-refractivity contribution in [3.8, 4) is 11.4 Å². The van der Waals surface area contributed by atoms with Crippen LogP contribution in [0.2, 0.25) is 10.0 Å². The Morgan fingerprint density at radius 1 is 1.50 bits per heavy atom. The number of ether oxygens (including phenoxy) is 1. The van der Waals surface area contributed by atoms with Crippen LogP contribution in [0.25, 0.3) is 11.4 Å². The first-order chi connectivity index (χ1) is 8.61. The third-order valence-electron chi connectivity index (χ3n) is 2.11. The number of H-pyrrole nitrogens is 1. The molecule has 94 valence electrons. The van der Waals surface area contributed by atoms with Crippen LogP contribution in [-0.4, -0.2) is 16.9 Å². The number of halogens is 2. The fourth-order valence-corrected chi connectivity index (χ4v) is 2.43. The normalized spacial score (nSPS) is 10.4. The molecule has 1 heterocycles. The van der Waals surface area contributed by atoms with Crippen molar-refractivity contribution in [2.75, 3.05) is 6.61 Å². The summed E-state index contributed by atoms with van der Waals surface area (Å²) in [7, 11) is 0. The first kappa shape index (κ1) is 13.3. The lowest BCUT2D eigenvalue weighted by atomic mass is 10.2. The van der Waals surface area contributed by atoms with Gasteiger partial charge in [-0.15, -0.1) is 0 Å². The van der Waals surface area contributed by atoms with Crippen molar-refractivity contribution in [3.05, 3.63) is 33.3 Å². The number of aromatic amines is 1. The van der Waals surface area contributed by atoms with E-state index in [0.717, 1.165) is 11.5 Å². The van der Waals surface area contributed by atoms with E-state index in [1.165, 1.54) is 0 Å². The molecule has 0 aliphatic heterocycles. The lowest BCUT2D eigenvalue weighted by Crippen LogP contribution is -2.16. The Hall–Kier alpha value is -1.17. The highest BCUT2D eigenvalue weighted by Gasteiger charge is 2.23. The van der Waals surface area contributed by atoms with E-state index >= 15 is 0 Å². The van der Waals surface area contributed by atoms with Crippen molar-refractivity contribution >= 4 is 40.7 Å². The van der Waals surface area contributed by atoms with Crippen LogP contribution in [-0.2, 0) is 4.74 Å². The van der Waals surface area contributed by atoms with Crippen LogP contribution in [0.4, 0.5) is 0 Å².